The minimum atomic E-state index is -3.49. The van der Waals surface area contributed by atoms with Crippen LogP contribution >= 0.6 is 11.3 Å². The number of hydrogen-bond donors (Lipinski definition) is 2. The van der Waals surface area contributed by atoms with Crippen molar-refractivity contribution in [3.05, 3.63) is 53.8 Å². The zero-order chi connectivity index (χ0) is 21.1. The molecule has 10 nitrogen and oxygen atoms in total. The van der Waals surface area contributed by atoms with Gasteiger partial charge in [-0.3, -0.25) is 4.79 Å². The van der Waals surface area contributed by atoms with Crippen LogP contribution in [0.1, 0.15) is 13.3 Å². The third kappa shape index (κ3) is 4.10. The molecule has 1 amide bonds. The summed E-state index contributed by atoms with van der Waals surface area (Å²) in [6.07, 6.45) is 3.04. The van der Waals surface area contributed by atoms with E-state index in [1.54, 1.807) is 41.9 Å². The normalized spacial score (nSPS) is 15.1. The van der Waals surface area contributed by atoms with Crippen LogP contribution in [0.4, 0.5) is 17.5 Å². The van der Waals surface area contributed by atoms with Gasteiger partial charge in [0.1, 0.15) is 15.8 Å². The van der Waals surface area contributed by atoms with Gasteiger partial charge in [0.05, 0.1) is 6.20 Å². The molecule has 3 aromatic rings. The van der Waals surface area contributed by atoms with Crippen LogP contribution in [0.2, 0.25) is 0 Å². The molecule has 30 heavy (non-hydrogen) atoms. The number of aromatic nitrogens is 3. The first-order valence-corrected chi connectivity index (χ1v) is 11.4. The number of carbonyl (C=O) groups excluding carboxylic acids is 1. The molecule has 3 aromatic heterocycles. The molecule has 0 aliphatic carbocycles. The number of thiophene rings is 1. The molecule has 0 spiro atoms. The summed E-state index contributed by atoms with van der Waals surface area (Å²) in [4.78, 5) is 26.9. The Kier molecular flexibility index (Phi) is 5.61. The number of amides is 1. The highest BCUT2D eigenvalue weighted by atomic mass is 32.2. The molecule has 1 aliphatic rings. The summed E-state index contributed by atoms with van der Waals surface area (Å²) in [5.41, 5.74) is 5.84. The van der Waals surface area contributed by atoms with Crippen molar-refractivity contribution in [1.82, 2.24) is 19.3 Å². The molecule has 12 heteroatoms. The number of hydrogen-bond acceptors (Lipinski definition) is 9. The average Bonchev–Trinajstić information content (AvgIpc) is 3.31. The minimum Gasteiger partial charge on any atom is -0.382 e. The van der Waals surface area contributed by atoms with E-state index in [0.29, 0.717) is 42.0 Å². The Morgan fingerprint density at radius 3 is 2.60 bits per heavy atom. The third-order valence-corrected chi connectivity index (χ3v) is 7.83. The number of sulfonamides is 1. The van der Waals surface area contributed by atoms with Crippen molar-refractivity contribution in [3.63, 3.8) is 0 Å². The molecule has 1 fully saturated rings. The SMILES string of the molecule is Nc1ncc(N2CCN(S(=O)(=O)c3cccs3)CC2)nc1C(=O)Nc1ccccn1.[HH].[HH]. The maximum Gasteiger partial charge on any atom is 0.279 e. The second kappa shape index (κ2) is 8.34. The Labute approximate surface area is 180 Å². The Morgan fingerprint density at radius 2 is 1.93 bits per heavy atom. The van der Waals surface area contributed by atoms with Crippen LogP contribution in [0.15, 0.2) is 52.3 Å². The van der Waals surface area contributed by atoms with Gasteiger partial charge < -0.3 is 16.0 Å². The number of rotatable bonds is 5. The van der Waals surface area contributed by atoms with Gasteiger partial charge in [0.2, 0.25) is 0 Å². The lowest BCUT2D eigenvalue weighted by Gasteiger charge is -2.34. The van der Waals surface area contributed by atoms with Crippen molar-refractivity contribution in [1.29, 1.82) is 0 Å². The predicted octanol–water partition coefficient (Wildman–Crippen LogP) is 1.77. The van der Waals surface area contributed by atoms with Crippen LogP contribution < -0.4 is 16.0 Å². The van der Waals surface area contributed by atoms with Gasteiger partial charge in [0.15, 0.2) is 11.5 Å². The molecule has 3 N–H and O–H groups in total. The van der Waals surface area contributed by atoms with Gasteiger partial charge >= 0.3 is 0 Å². The summed E-state index contributed by atoms with van der Waals surface area (Å²) in [7, 11) is -3.49. The molecular weight excluding hydrogens is 426 g/mol. The topological polar surface area (TPSA) is 134 Å². The number of nitrogen functional groups attached to an aromatic ring is 1. The van der Waals surface area contributed by atoms with Gasteiger partial charge in [-0.05, 0) is 23.6 Å². The van der Waals surface area contributed by atoms with Crippen molar-refractivity contribution in [3.8, 4) is 0 Å². The molecule has 0 unspecified atom stereocenters. The minimum absolute atomic E-state index is 0. The van der Waals surface area contributed by atoms with E-state index in [0.717, 1.165) is 0 Å². The first kappa shape index (κ1) is 20.2. The van der Waals surface area contributed by atoms with E-state index < -0.39 is 15.9 Å². The smallest absolute Gasteiger partial charge is 0.279 e. The van der Waals surface area contributed by atoms with Crippen LogP contribution in [0.25, 0.3) is 0 Å². The molecule has 0 saturated carbocycles. The molecule has 0 atom stereocenters. The first-order valence-electron chi connectivity index (χ1n) is 9.08. The maximum atomic E-state index is 12.7. The van der Waals surface area contributed by atoms with Crippen molar-refractivity contribution >= 4 is 44.7 Å². The zero-order valence-electron chi connectivity index (χ0n) is 15.8. The number of nitrogens with zero attached hydrogens (tertiary/aromatic N) is 5. The van der Waals surface area contributed by atoms with E-state index in [1.807, 2.05) is 4.90 Å². The molecule has 160 valence electrons. The van der Waals surface area contributed by atoms with Crippen molar-refractivity contribution in [2.24, 2.45) is 0 Å². The number of carbonyl (C=O) groups is 1. The monoisotopic (exact) mass is 449 g/mol. The lowest BCUT2D eigenvalue weighted by molar-refractivity contribution is 0.102. The Morgan fingerprint density at radius 1 is 1.13 bits per heavy atom. The quantitative estimate of drug-likeness (QED) is 0.602. The summed E-state index contributed by atoms with van der Waals surface area (Å²) in [6.45, 7) is 1.46. The van der Waals surface area contributed by atoms with Crippen LogP contribution in [0, 0.1) is 0 Å². The number of nitrogens with two attached hydrogens (primary N) is 1. The first-order chi connectivity index (χ1) is 14.4. The fourth-order valence-electron chi connectivity index (χ4n) is 3.02. The summed E-state index contributed by atoms with van der Waals surface area (Å²) in [6, 6.07) is 8.46. The number of piperazine rings is 1. The number of pyridine rings is 1. The lowest BCUT2D eigenvalue weighted by Crippen LogP contribution is -2.48. The molecule has 0 radical (unpaired) electrons. The average molecular weight is 450 g/mol. The molecule has 4 rings (SSSR count). The van der Waals surface area contributed by atoms with E-state index in [1.165, 1.54) is 21.8 Å². The van der Waals surface area contributed by atoms with Crippen molar-refractivity contribution in [2.75, 3.05) is 42.1 Å². The van der Waals surface area contributed by atoms with Crippen LogP contribution in [-0.2, 0) is 10.0 Å². The van der Waals surface area contributed by atoms with Gasteiger partial charge in [-0.1, -0.05) is 12.1 Å². The fourth-order valence-corrected chi connectivity index (χ4v) is 5.58. The summed E-state index contributed by atoms with van der Waals surface area (Å²) in [5.74, 6) is 0.329. The van der Waals surface area contributed by atoms with Gasteiger partial charge in [-0.25, -0.2) is 23.4 Å². The van der Waals surface area contributed by atoms with Gasteiger partial charge in [0.25, 0.3) is 15.9 Å². The highest BCUT2D eigenvalue weighted by molar-refractivity contribution is 7.91. The van der Waals surface area contributed by atoms with Crippen LogP contribution in [-0.4, -0.2) is 59.8 Å². The second-order valence-corrected chi connectivity index (χ2v) is 9.57. The fraction of sp³-hybridized carbons (Fsp3) is 0.222. The van der Waals surface area contributed by atoms with E-state index in [2.05, 4.69) is 20.3 Å². The zero-order valence-corrected chi connectivity index (χ0v) is 17.4. The number of nitrogens with one attached hydrogen (secondary N) is 1. The Balaban J connectivity index is 0.00000181. The van der Waals surface area contributed by atoms with Crippen molar-refractivity contribution in [2.45, 2.75) is 4.21 Å². The highest BCUT2D eigenvalue weighted by Gasteiger charge is 2.30. The molecule has 1 saturated heterocycles. The predicted molar refractivity (Wildman–Crippen MR) is 118 cm³/mol. The van der Waals surface area contributed by atoms with E-state index in [4.69, 9.17) is 5.73 Å². The highest BCUT2D eigenvalue weighted by Crippen LogP contribution is 2.23. The van der Waals surface area contributed by atoms with E-state index in [-0.39, 0.29) is 14.4 Å². The van der Waals surface area contributed by atoms with Gasteiger partial charge in [0, 0.05) is 35.2 Å². The van der Waals surface area contributed by atoms with E-state index in [9.17, 15) is 13.2 Å². The van der Waals surface area contributed by atoms with Crippen LogP contribution in [0.3, 0.4) is 0 Å². The van der Waals surface area contributed by atoms with Gasteiger partial charge in [-0.2, -0.15) is 4.31 Å². The number of anilines is 3. The second-order valence-electron chi connectivity index (χ2n) is 6.45. The van der Waals surface area contributed by atoms with E-state index >= 15 is 0 Å². The lowest BCUT2D eigenvalue weighted by atomic mass is 10.3. The molecule has 4 heterocycles. The third-order valence-electron chi connectivity index (χ3n) is 4.56. The Bertz CT molecular complexity index is 1140. The summed E-state index contributed by atoms with van der Waals surface area (Å²) < 4.78 is 27.1. The summed E-state index contributed by atoms with van der Waals surface area (Å²) in [5, 5.41) is 4.38. The Hall–Kier alpha value is -3.09. The molecule has 0 aromatic carbocycles. The van der Waals surface area contributed by atoms with Crippen LogP contribution in [0.5, 0.6) is 0 Å². The molecule has 1 aliphatic heterocycles. The van der Waals surface area contributed by atoms with Gasteiger partial charge in [-0.15, -0.1) is 11.3 Å². The van der Waals surface area contributed by atoms with Crippen molar-refractivity contribution < 1.29 is 16.1 Å². The standard InChI is InChI=1S/C18H19N7O3S2.2H2/c19-17-16(18(26)22-13-4-1-2-6-20-13)23-14(12-21-17)24-7-9-25(10-8-24)30(27,28)15-5-3-11-29-15;;/h1-6,11-12H,7-10H2,(H2,19,21)(H,20,22,26);2*1H. The summed E-state index contributed by atoms with van der Waals surface area (Å²) >= 11 is 1.20. The molecular formula is C18H23N7O3S2. The largest absolute Gasteiger partial charge is 0.382 e. The maximum absolute atomic E-state index is 12.7. The molecule has 0 bridgehead atoms.